The van der Waals surface area contributed by atoms with E-state index in [0.29, 0.717) is 0 Å². The smallest absolute Gasteiger partial charge is 0.0359 e. The molecule has 0 unspecified atom stereocenters. The summed E-state index contributed by atoms with van der Waals surface area (Å²) in [7, 11) is 0. The third-order valence-corrected chi connectivity index (χ3v) is 4.55. The zero-order valence-electron chi connectivity index (χ0n) is 12.0. The van der Waals surface area contributed by atoms with Crippen molar-refractivity contribution in [1.82, 2.24) is 9.88 Å². The fourth-order valence-corrected chi connectivity index (χ4v) is 3.17. The van der Waals surface area contributed by atoms with Crippen LogP contribution in [0.5, 0.6) is 0 Å². The Hall–Kier alpha value is -0.760. The van der Waals surface area contributed by atoms with Crippen LogP contribution in [0.1, 0.15) is 51.6 Å². The Bertz CT molecular complexity index is 335. The molecule has 0 spiro atoms. The lowest BCUT2D eigenvalue weighted by Crippen LogP contribution is -2.26. The predicted molar refractivity (Wildman–Crippen MR) is 77.6 cm³/mol. The Kier molecular flexibility index (Phi) is 5.30. The normalized spacial score (nSPS) is 24.3. The van der Waals surface area contributed by atoms with Crippen LogP contribution in [0.2, 0.25) is 0 Å². The summed E-state index contributed by atoms with van der Waals surface area (Å²) >= 11 is 0. The largest absolute Gasteiger partial charge is 0.351 e. The first kappa shape index (κ1) is 13.7. The van der Waals surface area contributed by atoms with Crippen molar-refractivity contribution in [2.75, 3.05) is 6.54 Å². The molecule has 1 N–H and O–H groups in total. The molecule has 1 heterocycles. The third-order valence-electron chi connectivity index (χ3n) is 4.55. The first-order valence-electron chi connectivity index (χ1n) is 7.68. The molecular weight excluding hydrogens is 220 g/mol. The van der Waals surface area contributed by atoms with Crippen molar-refractivity contribution in [3.63, 3.8) is 0 Å². The highest BCUT2D eigenvalue weighted by molar-refractivity contribution is 5.06. The van der Waals surface area contributed by atoms with Crippen LogP contribution in [-0.4, -0.2) is 11.1 Å². The molecule has 2 heteroatoms. The van der Waals surface area contributed by atoms with Crippen molar-refractivity contribution in [1.29, 1.82) is 0 Å². The number of nitrogens with one attached hydrogen (secondary N) is 1. The first-order valence-corrected chi connectivity index (χ1v) is 7.68. The van der Waals surface area contributed by atoms with Crippen LogP contribution in [0.3, 0.4) is 0 Å². The van der Waals surface area contributed by atoms with Gasteiger partial charge in [-0.3, -0.25) is 0 Å². The maximum Gasteiger partial charge on any atom is 0.0359 e. The van der Waals surface area contributed by atoms with E-state index in [4.69, 9.17) is 0 Å². The van der Waals surface area contributed by atoms with Gasteiger partial charge >= 0.3 is 0 Å². The maximum absolute atomic E-state index is 3.64. The van der Waals surface area contributed by atoms with Gasteiger partial charge < -0.3 is 9.88 Å². The lowest BCUT2D eigenvalue weighted by Gasteiger charge is -2.28. The molecule has 1 aromatic rings. The van der Waals surface area contributed by atoms with Crippen LogP contribution < -0.4 is 5.32 Å². The maximum atomic E-state index is 3.64. The monoisotopic (exact) mass is 248 g/mol. The van der Waals surface area contributed by atoms with E-state index in [1.165, 1.54) is 44.3 Å². The first-order chi connectivity index (χ1) is 8.83. The Labute approximate surface area is 112 Å². The molecule has 1 saturated carbocycles. The minimum atomic E-state index is 0.915. The van der Waals surface area contributed by atoms with E-state index in [0.717, 1.165) is 24.9 Å². The average molecular weight is 248 g/mol. The Morgan fingerprint density at radius 1 is 1.17 bits per heavy atom. The molecule has 2 nitrogen and oxygen atoms in total. The van der Waals surface area contributed by atoms with E-state index in [1.807, 2.05) is 0 Å². The molecule has 0 aromatic carbocycles. The Morgan fingerprint density at radius 3 is 2.56 bits per heavy atom. The van der Waals surface area contributed by atoms with Gasteiger partial charge in [0.1, 0.15) is 0 Å². The summed E-state index contributed by atoms with van der Waals surface area (Å²) in [5, 5.41) is 3.64. The molecule has 0 radical (unpaired) electrons. The number of nitrogens with zero attached hydrogens (tertiary/aromatic N) is 1. The van der Waals surface area contributed by atoms with Crippen molar-refractivity contribution in [3.8, 4) is 0 Å². The van der Waals surface area contributed by atoms with Gasteiger partial charge in [-0.05, 0) is 50.3 Å². The highest BCUT2D eigenvalue weighted by atomic mass is 15.0. The zero-order valence-corrected chi connectivity index (χ0v) is 12.0. The van der Waals surface area contributed by atoms with E-state index in [1.54, 1.807) is 0 Å². The van der Waals surface area contributed by atoms with E-state index in [2.05, 4.69) is 42.1 Å². The van der Waals surface area contributed by atoms with Gasteiger partial charge in [-0.25, -0.2) is 0 Å². The van der Waals surface area contributed by atoms with Gasteiger partial charge in [-0.2, -0.15) is 0 Å². The average Bonchev–Trinajstić information content (AvgIpc) is 2.87. The fourth-order valence-electron chi connectivity index (χ4n) is 3.17. The number of aromatic nitrogens is 1. The molecule has 18 heavy (non-hydrogen) atoms. The summed E-state index contributed by atoms with van der Waals surface area (Å²) in [5.74, 6) is 1.93. The quantitative estimate of drug-likeness (QED) is 0.810. The van der Waals surface area contributed by atoms with Crippen LogP contribution in [0.15, 0.2) is 18.3 Å². The van der Waals surface area contributed by atoms with Gasteiger partial charge in [-0.15, -0.1) is 0 Å². The second-order valence-electron chi connectivity index (χ2n) is 5.71. The number of hydrogen-bond donors (Lipinski definition) is 1. The number of hydrogen-bond acceptors (Lipinski definition) is 1. The van der Waals surface area contributed by atoms with Crippen LogP contribution in [0.4, 0.5) is 0 Å². The van der Waals surface area contributed by atoms with E-state index in [9.17, 15) is 0 Å². The Balaban J connectivity index is 1.67. The van der Waals surface area contributed by atoms with Gasteiger partial charge in [0.25, 0.3) is 0 Å². The van der Waals surface area contributed by atoms with E-state index < -0.39 is 0 Å². The van der Waals surface area contributed by atoms with Crippen molar-refractivity contribution in [2.24, 2.45) is 11.8 Å². The zero-order chi connectivity index (χ0) is 12.8. The van der Waals surface area contributed by atoms with Gasteiger partial charge in [0.15, 0.2) is 0 Å². The number of rotatable bonds is 6. The van der Waals surface area contributed by atoms with Crippen molar-refractivity contribution < 1.29 is 0 Å². The third kappa shape index (κ3) is 3.61. The van der Waals surface area contributed by atoms with Crippen LogP contribution in [0, 0.1) is 11.8 Å². The summed E-state index contributed by atoms with van der Waals surface area (Å²) in [6, 6.07) is 4.37. The highest BCUT2D eigenvalue weighted by Gasteiger charge is 2.19. The molecule has 0 aliphatic heterocycles. The summed E-state index contributed by atoms with van der Waals surface area (Å²) in [5.41, 5.74) is 1.42. The molecule has 102 valence electrons. The number of aryl methyl sites for hydroxylation is 1. The summed E-state index contributed by atoms with van der Waals surface area (Å²) in [4.78, 5) is 0. The standard InChI is InChI=1S/C16H28N2/c1-3-14-7-9-15(10-8-14)12-17-13-16-6-5-11-18(16)4-2/h5-6,11,14-15,17H,3-4,7-10,12-13H2,1-2H3. The molecule has 2 rings (SSSR count). The summed E-state index contributed by atoms with van der Waals surface area (Å²) < 4.78 is 2.32. The van der Waals surface area contributed by atoms with Crippen molar-refractivity contribution >= 4 is 0 Å². The molecule has 1 aliphatic rings. The SMILES string of the molecule is CCC1CCC(CNCc2cccn2CC)CC1. The summed E-state index contributed by atoms with van der Waals surface area (Å²) in [6.07, 6.45) is 9.32. The molecule has 1 aromatic heterocycles. The molecule has 0 atom stereocenters. The topological polar surface area (TPSA) is 17.0 Å². The molecule has 0 bridgehead atoms. The minimum absolute atomic E-state index is 0.915. The molecule has 1 aliphatic carbocycles. The van der Waals surface area contributed by atoms with Gasteiger partial charge in [-0.1, -0.05) is 26.2 Å². The molecule has 0 amide bonds. The Morgan fingerprint density at radius 2 is 1.89 bits per heavy atom. The lowest BCUT2D eigenvalue weighted by atomic mass is 9.81. The molecule has 1 fully saturated rings. The second kappa shape index (κ2) is 6.98. The summed E-state index contributed by atoms with van der Waals surface area (Å²) in [6.45, 7) is 7.84. The predicted octanol–water partition coefficient (Wildman–Crippen LogP) is 3.81. The van der Waals surface area contributed by atoms with E-state index in [-0.39, 0.29) is 0 Å². The van der Waals surface area contributed by atoms with Crippen LogP contribution >= 0.6 is 0 Å². The highest BCUT2D eigenvalue weighted by Crippen LogP contribution is 2.30. The lowest BCUT2D eigenvalue weighted by molar-refractivity contribution is 0.262. The second-order valence-corrected chi connectivity index (χ2v) is 5.71. The van der Waals surface area contributed by atoms with Crippen molar-refractivity contribution in [3.05, 3.63) is 24.0 Å². The van der Waals surface area contributed by atoms with Crippen LogP contribution in [0.25, 0.3) is 0 Å². The van der Waals surface area contributed by atoms with Crippen LogP contribution in [-0.2, 0) is 13.1 Å². The van der Waals surface area contributed by atoms with Crippen molar-refractivity contribution in [2.45, 2.75) is 59.0 Å². The molecular formula is C16H28N2. The van der Waals surface area contributed by atoms with Gasteiger partial charge in [0.05, 0.1) is 0 Å². The van der Waals surface area contributed by atoms with Gasteiger partial charge in [0, 0.05) is 25.0 Å². The van der Waals surface area contributed by atoms with Gasteiger partial charge in [0.2, 0.25) is 0 Å². The minimum Gasteiger partial charge on any atom is -0.351 e. The fraction of sp³-hybridized carbons (Fsp3) is 0.750. The molecule has 0 saturated heterocycles. The van der Waals surface area contributed by atoms with E-state index >= 15 is 0 Å².